The first-order chi connectivity index (χ1) is 14.4. The van der Waals surface area contributed by atoms with E-state index < -0.39 is 66.1 Å². The quantitative estimate of drug-likeness (QED) is 0.115. The Morgan fingerprint density at radius 1 is 1.19 bits per heavy atom. The summed E-state index contributed by atoms with van der Waals surface area (Å²) in [6.07, 6.45) is 1.01. The summed E-state index contributed by atoms with van der Waals surface area (Å²) in [7, 11) is -17.5. The fourth-order valence-corrected chi connectivity index (χ4v) is 4.87. The summed E-state index contributed by atoms with van der Waals surface area (Å²) in [6, 6.07) is 0.775. The number of aliphatic hydroxyl groups excluding tert-OH is 2. The van der Waals surface area contributed by atoms with Crippen molar-refractivity contribution >= 4 is 23.5 Å². The average molecular weight is 528 g/mol. The zero-order valence-corrected chi connectivity index (χ0v) is 18.0. The smallest absolute Gasteiger partial charge is 0.392 e. The fraction of sp³-hybridized carbons (Fsp3) is 0.455. The number of aliphatic hydroxyl groups is 2. The van der Waals surface area contributed by atoms with Crippen molar-refractivity contribution in [3.05, 3.63) is 33.1 Å². The van der Waals surface area contributed by atoms with Gasteiger partial charge in [-0.25, -0.2) is 22.9 Å². The molecule has 1 aromatic rings. The number of phosphoric acid groups is 3. The molecule has 2 unspecified atom stereocenters. The van der Waals surface area contributed by atoms with Crippen LogP contribution in [0.15, 0.2) is 21.9 Å². The van der Waals surface area contributed by atoms with Crippen molar-refractivity contribution in [1.82, 2.24) is 9.55 Å². The van der Waals surface area contributed by atoms with Crippen LogP contribution in [-0.4, -0.2) is 64.5 Å². The molecule has 0 fully saturated rings. The summed E-state index contributed by atoms with van der Waals surface area (Å²) in [4.78, 5) is 60.0. The normalized spacial score (nSPS) is 19.7. The Morgan fingerprint density at radius 2 is 1.78 bits per heavy atom. The van der Waals surface area contributed by atoms with E-state index in [2.05, 4.69) is 17.9 Å². The predicted molar refractivity (Wildman–Crippen MR) is 97.0 cm³/mol. The molecule has 1 aromatic heterocycles. The molecule has 1 heterocycles. The predicted octanol–water partition coefficient (Wildman–Crippen LogP) is -1.95. The summed E-state index contributed by atoms with van der Waals surface area (Å²) in [5, 5.41) is 19.1. The van der Waals surface area contributed by atoms with Crippen LogP contribution >= 0.6 is 23.5 Å². The fourth-order valence-electron chi connectivity index (χ4n) is 1.84. The zero-order chi connectivity index (χ0) is 25.0. The second kappa shape index (κ2) is 10.6. The van der Waals surface area contributed by atoms with E-state index in [1.165, 1.54) is 5.92 Å². The first kappa shape index (κ1) is 28.5. The van der Waals surface area contributed by atoms with Crippen molar-refractivity contribution in [2.45, 2.75) is 18.2 Å². The minimum Gasteiger partial charge on any atom is -0.392 e. The van der Waals surface area contributed by atoms with Crippen molar-refractivity contribution in [1.29, 1.82) is 0 Å². The Morgan fingerprint density at radius 3 is 2.25 bits per heavy atom. The molecule has 0 saturated heterocycles. The molecule has 0 spiro atoms. The van der Waals surface area contributed by atoms with Crippen LogP contribution in [0.25, 0.3) is 0 Å². The number of aromatic amines is 1. The number of aromatic nitrogens is 2. The van der Waals surface area contributed by atoms with E-state index in [0.717, 1.165) is 12.3 Å². The lowest BCUT2D eigenvalue weighted by molar-refractivity contribution is -0.257. The molecule has 1 rings (SSSR count). The lowest BCUT2D eigenvalue weighted by atomic mass is 10.2. The Balaban J connectivity index is 3.11. The topological polar surface area (TPSA) is 264 Å². The number of hydrogen-bond acceptors (Lipinski definition) is 11. The maximum atomic E-state index is 15.1. The van der Waals surface area contributed by atoms with Crippen LogP contribution in [0, 0.1) is 12.3 Å². The Labute approximate surface area is 176 Å². The number of ether oxygens (including phenoxy) is 1. The lowest BCUT2D eigenvalue weighted by Crippen LogP contribution is -2.47. The van der Waals surface area contributed by atoms with E-state index >= 15 is 4.39 Å². The van der Waals surface area contributed by atoms with E-state index in [-0.39, 0.29) is 0 Å². The molecule has 17 nitrogen and oxygen atoms in total. The van der Waals surface area contributed by atoms with Crippen molar-refractivity contribution in [2.24, 2.45) is 0 Å². The molecule has 7 N–H and O–H groups in total. The van der Waals surface area contributed by atoms with Gasteiger partial charge in [-0.05, 0) is 0 Å². The first-order valence-corrected chi connectivity index (χ1v) is 12.2. The molecule has 0 bridgehead atoms. The van der Waals surface area contributed by atoms with Crippen molar-refractivity contribution in [3.63, 3.8) is 0 Å². The molecule has 0 aliphatic rings. The molecule has 5 atom stereocenters. The summed E-state index contributed by atoms with van der Waals surface area (Å²) in [6.45, 7) is -3.04. The van der Waals surface area contributed by atoms with Gasteiger partial charge in [0, 0.05) is 12.3 Å². The van der Waals surface area contributed by atoms with Crippen LogP contribution < -0.4 is 11.2 Å². The maximum Gasteiger partial charge on any atom is 0.490 e. The standard InChI is InChI=1S/C11H16FN2O15P3/c1-2-7(16)11(12,27-9(5-15)14-4-3-8(17)13-10(14)18)6-26-31(22,23)29-32(24,25)28-30(19,20)21/h1,3-4,7,9,15-16H,5-6H2,(H,22,23)(H,24,25)(H,13,17,18)(H2,19,20,21)/t7-,9+,11+/m0/s1. The van der Waals surface area contributed by atoms with Crippen LogP contribution in [0.4, 0.5) is 4.39 Å². The van der Waals surface area contributed by atoms with Crippen molar-refractivity contribution in [2.75, 3.05) is 13.2 Å². The van der Waals surface area contributed by atoms with Gasteiger partial charge in [0.1, 0.15) is 6.61 Å². The molecule has 0 radical (unpaired) electrons. The van der Waals surface area contributed by atoms with Gasteiger partial charge in [0.15, 0.2) is 12.3 Å². The molecule has 0 aliphatic heterocycles. The molecule has 182 valence electrons. The van der Waals surface area contributed by atoms with Gasteiger partial charge in [-0.1, -0.05) is 5.92 Å². The third-order valence-corrected chi connectivity index (χ3v) is 6.84. The Hall–Kier alpha value is -1.54. The van der Waals surface area contributed by atoms with Gasteiger partial charge in [0.2, 0.25) is 0 Å². The highest BCUT2D eigenvalue weighted by molar-refractivity contribution is 7.66. The number of alkyl halides is 1. The van der Waals surface area contributed by atoms with Crippen LogP contribution in [0.5, 0.6) is 0 Å². The molecular weight excluding hydrogens is 512 g/mol. The number of nitrogens with zero attached hydrogens (tertiary/aromatic N) is 1. The summed E-state index contributed by atoms with van der Waals surface area (Å²) in [5.74, 6) is -2.27. The van der Waals surface area contributed by atoms with E-state index in [1.54, 1.807) is 4.98 Å². The minimum atomic E-state index is -5.93. The van der Waals surface area contributed by atoms with Crippen LogP contribution in [-0.2, 0) is 31.6 Å². The minimum absolute atomic E-state index is 0.434. The molecule has 0 aliphatic carbocycles. The van der Waals surface area contributed by atoms with Gasteiger partial charge >= 0.3 is 29.2 Å². The van der Waals surface area contributed by atoms with Crippen molar-refractivity contribution < 1.29 is 65.8 Å². The molecule has 0 amide bonds. The molecule has 21 heteroatoms. The number of phosphoric ester groups is 1. The number of halogens is 1. The summed E-state index contributed by atoms with van der Waals surface area (Å²) >= 11 is 0. The van der Waals surface area contributed by atoms with E-state index in [9.17, 15) is 38.4 Å². The second-order valence-corrected chi connectivity index (χ2v) is 9.91. The highest BCUT2D eigenvalue weighted by atomic mass is 31.3. The summed E-state index contributed by atoms with van der Waals surface area (Å²) in [5.41, 5.74) is -2.08. The highest BCUT2D eigenvalue weighted by Gasteiger charge is 2.47. The van der Waals surface area contributed by atoms with Gasteiger partial charge in [0.25, 0.3) is 11.4 Å². The number of nitrogens with one attached hydrogen (secondary N) is 1. The number of H-pyrrole nitrogens is 1. The number of hydrogen-bond donors (Lipinski definition) is 7. The summed E-state index contributed by atoms with van der Waals surface area (Å²) < 4.78 is 64.7. The molecular formula is C11H16FN2O15P3. The number of terminal acetylenes is 1. The van der Waals surface area contributed by atoms with E-state index in [1.807, 2.05) is 0 Å². The Kier molecular flexibility index (Phi) is 9.43. The van der Waals surface area contributed by atoms with E-state index in [4.69, 9.17) is 21.1 Å². The third-order valence-electron chi connectivity index (χ3n) is 3.06. The number of rotatable bonds is 12. The van der Waals surface area contributed by atoms with Gasteiger partial charge in [-0.3, -0.25) is 18.9 Å². The zero-order valence-electron chi connectivity index (χ0n) is 15.3. The van der Waals surface area contributed by atoms with Crippen LogP contribution in [0.1, 0.15) is 6.23 Å². The largest absolute Gasteiger partial charge is 0.490 e. The second-order valence-electron chi connectivity index (χ2n) is 5.49. The van der Waals surface area contributed by atoms with Gasteiger partial charge in [-0.15, -0.1) is 6.42 Å². The van der Waals surface area contributed by atoms with Gasteiger partial charge in [-0.2, -0.15) is 8.62 Å². The lowest BCUT2D eigenvalue weighted by Gasteiger charge is -2.31. The third kappa shape index (κ3) is 8.77. The van der Waals surface area contributed by atoms with Crippen molar-refractivity contribution in [3.8, 4) is 12.3 Å². The SMILES string of the molecule is C#C[C@H](O)[C@@](F)(COP(=O)(O)OP(=O)(O)OP(=O)(O)O)O[C@H](CO)n1ccc(=O)[nH]c1=O. The monoisotopic (exact) mass is 528 g/mol. The molecule has 0 saturated carbocycles. The van der Waals surface area contributed by atoms with Gasteiger partial charge in [0.05, 0.1) is 6.61 Å². The van der Waals surface area contributed by atoms with Crippen LogP contribution in [0.2, 0.25) is 0 Å². The Bertz CT molecular complexity index is 1110. The van der Waals surface area contributed by atoms with E-state index in [0.29, 0.717) is 4.57 Å². The molecule has 0 aromatic carbocycles. The molecule has 32 heavy (non-hydrogen) atoms. The highest BCUT2D eigenvalue weighted by Crippen LogP contribution is 2.66. The van der Waals surface area contributed by atoms with Gasteiger partial charge < -0.3 is 34.5 Å². The maximum absolute atomic E-state index is 15.1. The average Bonchev–Trinajstić information content (AvgIpc) is 2.61. The first-order valence-electron chi connectivity index (χ1n) is 7.65. The van der Waals surface area contributed by atoms with Crippen LogP contribution in [0.3, 0.4) is 0 Å².